The molecule has 0 heterocycles. The standard InChI is InChI=1S/C15H34N2/c1-7-10-17-14(3)9-8-13(2)11-16-12-15(4,5)6/h13-14,16-17H,7-12H2,1-6H3. The third kappa shape index (κ3) is 12.2. The first-order chi connectivity index (χ1) is 7.85. The Balaban J connectivity index is 3.49. The summed E-state index contributed by atoms with van der Waals surface area (Å²) in [6.07, 6.45) is 3.83. The zero-order valence-corrected chi connectivity index (χ0v) is 12.9. The van der Waals surface area contributed by atoms with Gasteiger partial charge in [0.1, 0.15) is 0 Å². The molecule has 0 aromatic carbocycles. The smallest absolute Gasteiger partial charge is 0.00388 e. The summed E-state index contributed by atoms with van der Waals surface area (Å²) in [7, 11) is 0. The van der Waals surface area contributed by atoms with Crippen LogP contribution in [0, 0.1) is 11.3 Å². The third-order valence-corrected chi connectivity index (χ3v) is 2.98. The quantitative estimate of drug-likeness (QED) is 0.647. The number of hydrogen-bond acceptors (Lipinski definition) is 2. The maximum atomic E-state index is 3.57. The van der Waals surface area contributed by atoms with E-state index in [1.807, 2.05) is 0 Å². The fourth-order valence-corrected chi connectivity index (χ4v) is 1.82. The van der Waals surface area contributed by atoms with Crippen LogP contribution in [0.1, 0.15) is 60.8 Å². The summed E-state index contributed by atoms with van der Waals surface area (Å²) in [5.74, 6) is 0.781. The van der Waals surface area contributed by atoms with Gasteiger partial charge in [-0.25, -0.2) is 0 Å². The molecule has 2 heteroatoms. The lowest BCUT2D eigenvalue weighted by Gasteiger charge is -2.21. The molecule has 0 amide bonds. The van der Waals surface area contributed by atoms with Crippen LogP contribution < -0.4 is 10.6 Å². The van der Waals surface area contributed by atoms with E-state index in [4.69, 9.17) is 0 Å². The Kier molecular flexibility index (Phi) is 8.89. The van der Waals surface area contributed by atoms with Gasteiger partial charge in [0.05, 0.1) is 0 Å². The summed E-state index contributed by atoms with van der Waals surface area (Å²) in [6.45, 7) is 17.1. The summed E-state index contributed by atoms with van der Waals surface area (Å²) in [4.78, 5) is 0. The van der Waals surface area contributed by atoms with Gasteiger partial charge in [-0.05, 0) is 57.2 Å². The molecule has 0 rings (SSSR count). The second-order valence-corrected chi connectivity index (χ2v) is 6.73. The molecule has 2 N–H and O–H groups in total. The van der Waals surface area contributed by atoms with Gasteiger partial charge in [-0.3, -0.25) is 0 Å². The van der Waals surface area contributed by atoms with Gasteiger partial charge in [0.25, 0.3) is 0 Å². The fraction of sp³-hybridized carbons (Fsp3) is 1.00. The van der Waals surface area contributed by atoms with E-state index in [-0.39, 0.29) is 0 Å². The molecule has 2 unspecified atom stereocenters. The van der Waals surface area contributed by atoms with Crippen molar-refractivity contribution in [2.24, 2.45) is 11.3 Å². The lowest BCUT2D eigenvalue weighted by Crippen LogP contribution is -2.31. The van der Waals surface area contributed by atoms with Crippen molar-refractivity contribution in [1.29, 1.82) is 0 Å². The zero-order valence-electron chi connectivity index (χ0n) is 12.9. The zero-order chi connectivity index (χ0) is 13.3. The van der Waals surface area contributed by atoms with E-state index in [1.165, 1.54) is 19.3 Å². The van der Waals surface area contributed by atoms with E-state index in [9.17, 15) is 0 Å². The normalized spacial score (nSPS) is 15.9. The van der Waals surface area contributed by atoms with Crippen molar-refractivity contribution in [3.63, 3.8) is 0 Å². The first kappa shape index (κ1) is 16.9. The van der Waals surface area contributed by atoms with Gasteiger partial charge in [0, 0.05) is 6.04 Å². The molecule has 2 nitrogen and oxygen atoms in total. The molecule has 17 heavy (non-hydrogen) atoms. The Morgan fingerprint density at radius 1 is 1.06 bits per heavy atom. The second-order valence-electron chi connectivity index (χ2n) is 6.73. The first-order valence-electron chi connectivity index (χ1n) is 7.29. The molecule has 0 spiro atoms. The van der Waals surface area contributed by atoms with Crippen molar-refractivity contribution < 1.29 is 0 Å². The molecule has 2 atom stereocenters. The molecule has 0 aromatic heterocycles. The van der Waals surface area contributed by atoms with E-state index in [0.29, 0.717) is 11.5 Å². The van der Waals surface area contributed by atoms with Gasteiger partial charge >= 0.3 is 0 Å². The van der Waals surface area contributed by atoms with Gasteiger partial charge in [-0.1, -0.05) is 34.6 Å². The van der Waals surface area contributed by atoms with Crippen molar-refractivity contribution >= 4 is 0 Å². The van der Waals surface area contributed by atoms with Crippen LogP contribution in [0.5, 0.6) is 0 Å². The molecule has 104 valence electrons. The molecule has 0 radical (unpaired) electrons. The summed E-state index contributed by atoms with van der Waals surface area (Å²) in [5, 5.41) is 7.12. The topological polar surface area (TPSA) is 24.1 Å². The third-order valence-electron chi connectivity index (χ3n) is 2.98. The van der Waals surface area contributed by atoms with Gasteiger partial charge in [0.2, 0.25) is 0 Å². The van der Waals surface area contributed by atoms with Crippen LogP contribution in [0.25, 0.3) is 0 Å². The number of rotatable bonds is 9. The molecular formula is C15H34N2. The molecule has 0 aromatic rings. The maximum absolute atomic E-state index is 3.57. The molecule has 0 fully saturated rings. The summed E-state index contributed by atoms with van der Waals surface area (Å²) < 4.78 is 0. The summed E-state index contributed by atoms with van der Waals surface area (Å²) in [5.41, 5.74) is 0.399. The first-order valence-corrected chi connectivity index (χ1v) is 7.29. The fourth-order valence-electron chi connectivity index (χ4n) is 1.82. The van der Waals surface area contributed by atoms with Crippen molar-refractivity contribution in [1.82, 2.24) is 10.6 Å². The van der Waals surface area contributed by atoms with Crippen molar-refractivity contribution in [2.75, 3.05) is 19.6 Å². The van der Waals surface area contributed by atoms with Crippen LogP contribution >= 0.6 is 0 Å². The predicted octanol–water partition coefficient (Wildman–Crippen LogP) is 3.43. The number of nitrogens with one attached hydrogen (secondary N) is 2. The molecule has 0 aliphatic heterocycles. The van der Waals surface area contributed by atoms with Crippen molar-refractivity contribution in [3.05, 3.63) is 0 Å². The van der Waals surface area contributed by atoms with Crippen molar-refractivity contribution in [2.45, 2.75) is 66.8 Å². The van der Waals surface area contributed by atoms with Gasteiger partial charge < -0.3 is 10.6 Å². The van der Waals surface area contributed by atoms with Crippen LogP contribution in [-0.2, 0) is 0 Å². The highest BCUT2D eigenvalue weighted by molar-refractivity contribution is 4.68. The van der Waals surface area contributed by atoms with Crippen LogP contribution in [0.2, 0.25) is 0 Å². The SMILES string of the molecule is CCCNC(C)CCC(C)CNCC(C)(C)C. The van der Waals surface area contributed by atoms with Crippen LogP contribution in [-0.4, -0.2) is 25.7 Å². The van der Waals surface area contributed by atoms with Crippen molar-refractivity contribution in [3.8, 4) is 0 Å². The predicted molar refractivity (Wildman–Crippen MR) is 78.5 cm³/mol. The van der Waals surface area contributed by atoms with Crippen LogP contribution in [0.4, 0.5) is 0 Å². The lowest BCUT2D eigenvalue weighted by atomic mass is 9.96. The summed E-state index contributed by atoms with van der Waals surface area (Å²) >= 11 is 0. The Morgan fingerprint density at radius 2 is 1.71 bits per heavy atom. The van der Waals surface area contributed by atoms with Gasteiger partial charge in [-0.2, -0.15) is 0 Å². The average molecular weight is 242 g/mol. The van der Waals surface area contributed by atoms with Crippen LogP contribution in [0.3, 0.4) is 0 Å². The highest BCUT2D eigenvalue weighted by Crippen LogP contribution is 2.12. The van der Waals surface area contributed by atoms with E-state index < -0.39 is 0 Å². The second kappa shape index (κ2) is 8.93. The Bertz CT molecular complexity index is 172. The largest absolute Gasteiger partial charge is 0.316 e. The molecule has 0 bridgehead atoms. The minimum atomic E-state index is 0.399. The maximum Gasteiger partial charge on any atom is 0.00388 e. The molecule has 0 saturated heterocycles. The van der Waals surface area contributed by atoms with E-state index >= 15 is 0 Å². The Morgan fingerprint density at radius 3 is 2.24 bits per heavy atom. The average Bonchev–Trinajstić information content (AvgIpc) is 2.21. The molecule has 0 aliphatic rings. The van der Waals surface area contributed by atoms with E-state index in [2.05, 4.69) is 52.2 Å². The molecular weight excluding hydrogens is 208 g/mol. The number of hydrogen-bond donors (Lipinski definition) is 2. The molecule has 0 aliphatic carbocycles. The lowest BCUT2D eigenvalue weighted by molar-refractivity contribution is 0.350. The monoisotopic (exact) mass is 242 g/mol. The van der Waals surface area contributed by atoms with E-state index in [1.54, 1.807) is 0 Å². The van der Waals surface area contributed by atoms with Gasteiger partial charge in [-0.15, -0.1) is 0 Å². The Labute approximate surface area is 109 Å². The van der Waals surface area contributed by atoms with E-state index in [0.717, 1.165) is 25.6 Å². The summed E-state index contributed by atoms with van der Waals surface area (Å²) in [6, 6.07) is 0.667. The van der Waals surface area contributed by atoms with Gasteiger partial charge in [0.15, 0.2) is 0 Å². The van der Waals surface area contributed by atoms with Crippen LogP contribution in [0.15, 0.2) is 0 Å². The minimum Gasteiger partial charge on any atom is -0.316 e. The minimum absolute atomic E-state index is 0.399. The molecule has 0 saturated carbocycles. The highest BCUT2D eigenvalue weighted by atomic mass is 14.9. The highest BCUT2D eigenvalue weighted by Gasteiger charge is 2.10. The Hall–Kier alpha value is -0.0800.